The molecule has 0 N–H and O–H groups in total. The Morgan fingerprint density at radius 1 is 1.12 bits per heavy atom. The molecule has 2 fully saturated rings. The lowest BCUT2D eigenvalue weighted by atomic mass is 10.0. The number of fused-ring (bicyclic) bond motifs is 1. The molecule has 0 spiro atoms. The first-order chi connectivity index (χ1) is 12.7. The summed E-state index contributed by atoms with van der Waals surface area (Å²) in [7, 11) is 0. The summed E-state index contributed by atoms with van der Waals surface area (Å²) >= 11 is 0. The number of urea groups is 1. The Morgan fingerprint density at radius 2 is 1.88 bits per heavy atom. The Balaban J connectivity index is 1.35. The molecule has 3 aliphatic heterocycles. The van der Waals surface area contributed by atoms with Crippen molar-refractivity contribution in [2.24, 2.45) is 0 Å². The topological polar surface area (TPSA) is 62.3 Å². The first-order valence-electron chi connectivity index (χ1n) is 9.42. The molecule has 3 heterocycles. The van der Waals surface area contributed by atoms with Crippen LogP contribution in [-0.2, 0) is 0 Å². The maximum absolute atomic E-state index is 12.8. The summed E-state index contributed by atoms with van der Waals surface area (Å²) < 4.78 is 10.7. The van der Waals surface area contributed by atoms with E-state index in [1.165, 1.54) is 0 Å². The molecular formula is C19H25N3O4. The van der Waals surface area contributed by atoms with Gasteiger partial charge in [0.25, 0.3) is 5.91 Å². The van der Waals surface area contributed by atoms with Crippen molar-refractivity contribution in [1.29, 1.82) is 0 Å². The van der Waals surface area contributed by atoms with Crippen LogP contribution in [0.3, 0.4) is 0 Å². The summed E-state index contributed by atoms with van der Waals surface area (Å²) in [6.07, 6.45) is 2.66. The van der Waals surface area contributed by atoms with E-state index in [1.807, 2.05) is 14.7 Å². The summed E-state index contributed by atoms with van der Waals surface area (Å²) in [4.78, 5) is 31.1. The number of carbonyl (C=O) groups excluding carboxylic acids is 2. The summed E-state index contributed by atoms with van der Waals surface area (Å²) in [5.41, 5.74) is 0.624. The molecule has 0 radical (unpaired) electrons. The van der Waals surface area contributed by atoms with Crippen molar-refractivity contribution in [3.63, 3.8) is 0 Å². The second-order valence-electron chi connectivity index (χ2n) is 7.05. The molecule has 7 nitrogen and oxygen atoms in total. The Labute approximate surface area is 153 Å². The number of piperidine rings is 1. The van der Waals surface area contributed by atoms with Crippen molar-refractivity contribution < 1.29 is 19.1 Å². The Bertz CT molecular complexity index is 700. The molecule has 0 atom stereocenters. The van der Waals surface area contributed by atoms with Crippen LogP contribution in [0.4, 0.5) is 4.79 Å². The zero-order chi connectivity index (χ0) is 18.1. The highest BCUT2D eigenvalue weighted by Gasteiger charge is 2.35. The van der Waals surface area contributed by atoms with Crippen LogP contribution in [-0.4, -0.2) is 72.2 Å². The van der Waals surface area contributed by atoms with Gasteiger partial charge in [-0.15, -0.1) is 0 Å². The molecule has 3 amide bonds. The zero-order valence-corrected chi connectivity index (χ0v) is 15.1. The smallest absolute Gasteiger partial charge is 0.320 e. The van der Waals surface area contributed by atoms with Crippen molar-refractivity contribution in [3.05, 3.63) is 23.8 Å². The predicted molar refractivity (Wildman–Crippen MR) is 95.5 cm³/mol. The standard InChI is InChI=1S/C19H25N3O4/c1-2-7-21-10-11-22(19(21)24)15-5-8-20(9-6-15)18(23)14-3-4-16-17(12-14)26-13-25-16/h3-4,12,15H,2,5-11,13H2,1H3. The number of likely N-dealkylation sites (tertiary alicyclic amines) is 1. The first-order valence-corrected chi connectivity index (χ1v) is 9.42. The SMILES string of the molecule is CCCN1CCN(C2CCN(C(=O)c3ccc4c(c3)OCO4)CC2)C1=O. The third kappa shape index (κ3) is 3.06. The average molecular weight is 359 g/mol. The van der Waals surface area contributed by atoms with Crippen LogP contribution in [0.15, 0.2) is 18.2 Å². The number of hydrogen-bond donors (Lipinski definition) is 0. The average Bonchev–Trinajstić information content (AvgIpc) is 3.28. The molecule has 0 aromatic heterocycles. The van der Waals surface area contributed by atoms with Gasteiger partial charge in [-0.05, 0) is 37.5 Å². The number of rotatable bonds is 4. The fourth-order valence-corrected chi connectivity index (χ4v) is 4.01. The van der Waals surface area contributed by atoms with Crippen molar-refractivity contribution in [2.75, 3.05) is 39.5 Å². The Kier molecular flexibility index (Phi) is 4.61. The molecule has 0 bridgehead atoms. The molecule has 140 valence electrons. The molecule has 26 heavy (non-hydrogen) atoms. The Hall–Kier alpha value is -2.44. The number of hydrogen-bond acceptors (Lipinski definition) is 4. The lowest BCUT2D eigenvalue weighted by molar-refractivity contribution is 0.0663. The molecule has 0 saturated carbocycles. The van der Waals surface area contributed by atoms with E-state index in [9.17, 15) is 9.59 Å². The van der Waals surface area contributed by atoms with Crippen molar-refractivity contribution in [2.45, 2.75) is 32.2 Å². The molecule has 7 heteroatoms. The van der Waals surface area contributed by atoms with Crippen LogP contribution in [0, 0.1) is 0 Å². The molecule has 0 aliphatic carbocycles. The quantitative estimate of drug-likeness (QED) is 0.827. The fourth-order valence-electron chi connectivity index (χ4n) is 4.01. The summed E-state index contributed by atoms with van der Waals surface area (Å²) in [6.45, 7) is 6.11. The number of amides is 3. The van der Waals surface area contributed by atoms with Crippen LogP contribution in [0.5, 0.6) is 11.5 Å². The van der Waals surface area contributed by atoms with Crippen molar-refractivity contribution in [3.8, 4) is 11.5 Å². The normalized spacial score (nSPS) is 20.2. The van der Waals surface area contributed by atoms with Gasteiger partial charge in [-0.3, -0.25) is 4.79 Å². The summed E-state index contributed by atoms with van der Waals surface area (Å²) in [5, 5.41) is 0. The number of nitrogens with zero attached hydrogens (tertiary/aromatic N) is 3. The van der Waals surface area contributed by atoms with E-state index in [0.717, 1.165) is 38.9 Å². The largest absolute Gasteiger partial charge is 0.454 e. The van der Waals surface area contributed by atoms with Crippen LogP contribution >= 0.6 is 0 Å². The van der Waals surface area contributed by atoms with Gasteiger partial charge < -0.3 is 24.2 Å². The molecular weight excluding hydrogens is 334 g/mol. The van der Waals surface area contributed by atoms with Crippen LogP contribution in [0.25, 0.3) is 0 Å². The van der Waals surface area contributed by atoms with E-state index in [1.54, 1.807) is 18.2 Å². The van der Waals surface area contributed by atoms with E-state index < -0.39 is 0 Å². The van der Waals surface area contributed by atoms with Gasteiger partial charge in [-0.2, -0.15) is 0 Å². The van der Waals surface area contributed by atoms with Crippen molar-refractivity contribution in [1.82, 2.24) is 14.7 Å². The Morgan fingerprint density at radius 3 is 2.65 bits per heavy atom. The molecule has 3 aliphatic rings. The molecule has 0 unspecified atom stereocenters. The second kappa shape index (κ2) is 7.05. The highest BCUT2D eigenvalue weighted by Crippen LogP contribution is 2.33. The van der Waals surface area contributed by atoms with Gasteiger partial charge in [0.2, 0.25) is 6.79 Å². The molecule has 2 saturated heterocycles. The van der Waals surface area contributed by atoms with Gasteiger partial charge in [-0.1, -0.05) is 6.92 Å². The summed E-state index contributed by atoms with van der Waals surface area (Å²) in [6, 6.07) is 5.73. The van der Waals surface area contributed by atoms with E-state index in [0.29, 0.717) is 30.2 Å². The molecule has 4 rings (SSSR count). The zero-order valence-electron chi connectivity index (χ0n) is 15.1. The molecule has 1 aromatic carbocycles. The van der Waals surface area contributed by atoms with Gasteiger partial charge >= 0.3 is 6.03 Å². The number of benzene rings is 1. The van der Waals surface area contributed by atoms with Gasteiger partial charge in [0.05, 0.1) is 0 Å². The predicted octanol–water partition coefficient (Wildman–Crippen LogP) is 2.17. The van der Waals surface area contributed by atoms with E-state index >= 15 is 0 Å². The molecule has 1 aromatic rings. The van der Waals surface area contributed by atoms with E-state index in [2.05, 4.69) is 6.92 Å². The lowest BCUT2D eigenvalue weighted by Crippen LogP contribution is -2.48. The summed E-state index contributed by atoms with van der Waals surface area (Å²) in [5.74, 6) is 1.33. The van der Waals surface area contributed by atoms with Gasteiger partial charge in [0, 0.05) is 44.3 Å². The first kappa shape index (κ1) is 17.0. The third-order valence-corrected chi connectivity index (χ3v) is 5.43. The van der Waals surface area contributed by atoms with Crippen LogP contribution in [0.1, 0.15) is 36.5 Å². The maximum atomic E-state index is 12.8. The number of ether oxygens (including phenoxy) is 2. The van der Waals surface area contributed by atoms with E-state index in [-0.39, 0.29) is 24.8 Å². The van der Waals surface area contributed by atoms with Crippen LogP contribution < -0.4 is 9.47 Å². The van der Waals surface area contributed by atoms with Gasteiger partial charge in [0.1, 0.15) is 0 Å². The minimum absolute atomic E-state index is 0.0158. The maximum Gasteiger partial charge on any atom is 0.320 e. The number of carbonyl (C=O) groups is 2. The highest BCUT2D eigenvalue weighted by molar-refractivity contribution is 5.95. The minimum atomic E-state index is 0.0158. The fraction of sp³-hybridized carbons (Fsp3) is 0.579. The lowest BCUT2D eigenvalue weighted by Gasteiger charge is -2.36. The third-order valence-electron chi connectivity index (χ3n) is 5.43. The van der Waals surface area contributed by atoms with Crippen LogP contribution in [0.2, 0.25) is 0 Å². The second-order valence-corrected chi connectivity index (χ2v) is 7.05. The monoisotopic (exact) mass is 359 g/mol. The highest BCUT2D eigenvalue weighted by atomic mass is 16.7. The minimum Gasteiger partial charge on any atom is -0.454 e. The van der Waals surface area contributed by atoms with Gasteiger partial charge in [0.15, 0.2) is 11.5 Å². The van der Waals surface area contributed by atoms with E-state index in [4.69, 9.17) is 9.47 Å². The van der Waals surface area contributed by atoms with Gasteiger partial charge in [-0.25, -0.2) is 4.79 Å². The van der Waals surface area contributed by atoms with Crippen molar-refractivity contribution >= 4 is 11.9 Å².